The third-order valence-corrected chi connectivity index (χ3v) is 3.24. The van der Waals surface area contributed by atoms with E-state index in [1.54, 1.807) is 22.9 Å². The van der Waals surface area contributed by atoms with E-state index in [9.17, 15) is 4.79 Å². The molecule has 1 N–H and O–H groups in total. The van der Waals surface area contributed by atoms with E-state index in [1.807, 2.05) is 6.92 Å². The molecule has 106 valence electrons. The van der Waals surface area contributed by atoms with Gasteiger partial charge in [0.1, 0.15) is 17.9 Å². The summed E-state index contributed by atoms with van der Waals surface area (Å²) in [5.41, 5.74) is 0.131. The molecule has 2 aromatic rings. The highest BCUT2D eigenvalue weighted by molar-refractivity contribution is 14.1. The Morgan fingerprint density at radius 3 is 3.00 bits per heavy atom. The molecule has 0 atom stereocenters. The molecule has 20 heavy (non-hydrogen) atoms. The normalized spacial score (nSPS) is 10.5. The van der Waals surface area contributed by atoms with Gasteiger partial charge in [0, 0.05) is 10.1 Å². The summed E-state index contributed by atoms with van der Waals surface area (Å²) in [4.78, 5) is 11.2. The van der Waals surface area contributed by atoms with Crippen LogP contribution in [0, 0.1) is 3.57 Å². The number of hydrogen-bond donors (Lipinski definition) is 1. The first-order chi connectivity index (χ1) is 9.61. The molecule has 0 saturated carbocycles. The van der Waals surface area contributed by atoms with E-state index in [4.69, 9.17) is 9.84 Å². The summed E-state index contributed by atoms with van der Waals surface area (Å²) >= 11 is 2.06. The molecular weight excluding hydrogens is 375 g/mol. The van der Waals surface area contributed by atoms with Crippen LogP contribution in [-0.4, -0.2) is 31.3 Å². The molecule has 8 heteroatoms. The van der Waals surface area contributed by atoms with Gasteiger partial charge in [-0.15, -0.1) is 5.10 Å². The molecule has 0 aliphatic carbocycles. The lowest BCUT2D eigenvalue weighted by molar-refractivity contribution is 0.0691. The summed E-state index contributed by atoms with van der Waals surface area (Å²) in [5, 5.41) is 20.5. The van der Waals surface area contributed by atoms with E-state index in [0.717, 1.165) is 9.99 Å². The monoisotopic (exact) mass is 388 g/mol. The molecule has 0 bridgehead atoms. The number of ether oxygens (including phenoxy) is 1. The lowest BCUT2D eigenvalue weighted by Gasteiger charge is -2.09. The van der Waals surface area contributed by atoms with Gasteiger partial charge in [-0.05, 0) is 57.6 Å². The second-order valence-electron chi connectivity index (χ2n) is 4.05. The number of aryl methyl sites for hydroxylation is 1. The first-order valence-electron chi connectivity index (χ1n) is 6.02. The number of benzene rings is 1. The zero-order chi connectivity index (χ0) is 14.5. The summed E-state index contributed by atoms with van der Waals surface area (Å²) in [5.74, 6) is -0.141. The van der Waals surface area contributed by atoms with Gasteiger partial charge in [-0.2, -0.15) is 0 Å². The Morgan fingerprint density at radius 1 is 1.50 bits per heavy atom. The van der Waals surface area contributed by atoms with E-state index in [0.29, 0.717) is 18.1 Å². The first-order valence-corrected chi connectivity index (χ1v) is 7.10. The number of aromatic nitrogens is 4. The number of carbonyl (C=O) groups is 1. The molecule has 0 aliphatic rings. The standard InChI is InChI=1S/C12H13IN4O3/c1-2-5-17-11(14-15-16-17)7-20-10-4-3-8(13)6-9(10)12(18)19/h3-4,6H,2,5,7H2,1H3,(H,18,19). The van der Waals surface area contributed by atoms with Crippen molar-refractivity contribution < 1.29 is 14.6 Å². The maximum Gasteiger partial charge on any atom is 0.339 e. The Labute approximate surface area is 129 Å². The zero-order valence-corrected chi connectivity index (χ0v) is 12.9. The number of carboxylic acids is 1. The molecule has 0 saturated heterocycles. The van der Waals surface area contributed by atoms with Crippen LogP contribution in [0.1, 0.15) is 29.5 Å². The fraction of sp³-hybridized carbons (Fsp3) is 0.333. The van der Waals surface area contributed by atoms with Gasteiger partial charge in [0.05, 0.1) is 0 Å². The van der Waals surface area contributed by atoms with E-state index in [-0.39, 0.29) is 12.2 Å². The Hall–Kier alpha value is -1.71. The molecule has 0 radical (unpaired) electrons. The number of carboxylic acid groups (broad SMARTS) is 1. The maximum atomic E-state index is 11.2. The fourth-order valence-electron chi connectivity index (χ4n) is 1.65. The molecule has 1 aromatic heterocycles. The SMILES string of the molecule is CCCn1nnnc1COc1ccc(I)cc1C(=O)O. The van der Waals surface area contributed by atoms with Crippen molar-refractivity contribution in [1.82, 2.24) is 20.2 Å². The molecule has 0 aliphatic heterocycles. The van der Waals surface area contributed by atoms with Crippen molar-refractivity contribution in [2.24, 2.45) is 0 Å². The Balaban J connectivity index is 2.14. The van der Waals surface area contributed by atoms with Crippen LogP contribution in [0.2, 0.25) is 0 Å². The minimum absolute atomic E-state index is 0.131. The van der Waals surface area contributed by atoms with Gasteiger partial charge >= 0.3 is 5.97 Å². The van der Waals surface area contributed by atoms with Gasteiger partial charge in [-0.25, -0.2) is 9.48 Å². The lowest BCUT2D eigenvalue weighted by Crippen LogP contribution is -2.10. The van der Waals surface area contributed by atoms with E-state index >= 15 is 0 Å². The van der Waals surface area contributed by atoms with Gasteiger partial charge < -0.3 is 9.84 Å². The second kappa shape index (κ2) is 6.64. The van der Waals surface area contributed by atoms with Crippen molar-refractivity contribution in [3.63, 3.8) is 0 Å². The molecule has 1 heterocycles. The highest BCUT2D eigenvalue weighted by Crippen LogP contribution is 2.22. The molecule has 1 aromatic carbocycles. The average Bonchev–Trinajstić information content (AvgIpc) is 2.85. The number of halogens is 1. The molecule has 0 unspecified atom stereocenters. The molecule has 7 nitrogen and oxygen atoms in total. The molecule has 2 rings (SSSR count). The molecule has 0 amide bonds. The van der Waals surface area contributed by atoms with Crippen LogP contribution in [0.5, 0.6) is 5.75 Å². The average molecular weight is 388 g/mol. The van der Waals surface area contributed by atoms with E-state index < -0.39 is 5.97 Å². The van der Waals surface area contributed by atoms with Gasteiger partial charge in [-0.1, -0.05) is 6.92 Å². The van der Waals surface area contributed by atoms with Crippen LogP contribution in [-0.2, 0) is 13.2 Å². The summed E-state index contributed by atoms with van der Waals surface area (Å²) in [6.45, 7) is 2.85. The van der Waals surface area contributed by atoms with Crippen molar-refractivity contribution in [3.05, 3.63) is 33.2 Å². The zero-order valence-electron chi connectivity index (χ0n) is 10.8. The predicted octanol–water partition coefficient (Wildman–Crippen LogP) is 1.96. The minimum atomic E-state index is -1.02. The second-order valence-corrected chi connectivity index (χ2v) is 5.30. The van der Waals surface area contributed by atoms with Crippen molar-refractivity contribution in [1.29, 1.82) is 0 Å². The van der Waals surface area contributed by atoms with E-state index in [1.165, 1.54) is 0 Å². The Kier molecular flexibility index (Phi) is 4.88. The third kappa shape index (κ3) is 3.44. The van der Waals surface area contributed by atoms with Crippen molar-refractivity contribution >= 4 is 28.6 Å². The topological polar surface area (TPSA) is 90.1 Å². The molecular formula is C12H13IN4O3. The van der Waals surface area contributed by atoms with Crippen molar-refractivity contribution in [2.45, 2.75) is 26.5 Å². The predicted molar refractivity (Wildman–Crippen MR) is 78.6 cm³/mol. The Bertz CT molecular complexity index is 614. The number of tetrazole rings is 1. The summed E-state index contributed by atoms with van der Waals surface area (Å²) in [6, 6.07) is 4.99. The van der Waals surface area contributed by atoms with Crippen LogP contribution in [0.25, 0.3) is 0 Å². The number of nitrogens with zero attached hydrogens (tertiary/aromatic N) is 4. The number of aromatic carboxylic acids is 1. The van der Waals surface area contributed by atoms with Crippen LogP contribution in [0.4, 0.5) is 0 Å². The largest absolute Gasteiger partial charge is 0.485 e. The fourth-order valence-corrected chi connectivity index (χ4v) is 2.14. The molecule has 0 fully saturated rings. The first kappa shape index (κ1) is 14.7. The van der Waals surface area contributed by atoms with Crippen LogP contribution >= 0.6 is 22.6 Å². The van der Waals surface area contributed by atoms with E-state index in [2.05, 4.69) is 38.1 Å². The minimum Gasteiger partial charge on any atom is -0.485 e. The van der Waals surface area contributed by atoms with Gasteiger partial charge in [0.25, 0.3) is 0 Å². The maximum absolute atomic E-state index is 11.2. The van der Waals surface area contributed by atoms with Crippen molar-refractivity contribution in [3.8, 4) is 5.75 Å². The highest BCUT2D eigenvalue weighted by atomic mass is 127. The van der Waals surface area contributed by atoms with Gasteiger partial charge in [0.15, 0.2) is 5.82 Å². The quantitative estimate of drug-likeness (QED) is 0.762. The van der Waals surface area contributed by atoms with Gasteiger partial charge in [-0.3, -0.25) is 0 Å². The summed E-state index contributed by atoms with van der Waals surface area (Å²) in [7, 11) is 0. The smallest absolute Gasteiger partial charge is 0.339 e. The number of hydrogen-bond acceptors (Lipinski definition) is 5. The highest BCUT2D eigenvalue weighted by Gasteiger charge is 2.13. The summed E-state index contributed by atoms with van der Waals surface area (Å²) in [6.07, 6.45) is 0.905. The van der Waals surface area contributed by atoms with Crippen LogP contribution < -0.4 is 4.74 Å². The lowest BCUT2D eigenvalue weighted by atomic mass is 10.2. The van der Waals surface area contributed by atoms with Crippen LogP contribution in [0.3, 0.4) is 0 Å². The number of rotatable bonds is 6. The molecule has 0 spiro atoms. The van der Waals surface area contributed by atoms with Crippen molar-refractivity contribution in [2.75, 3.05) is 0 Å². The summed E-state index contributed by atoms with van der Waals surface area (Å²) < 4.78 is 8.02. The van der Waals surface area contributed by atoms with Crippen LogP contribution in [0.15, 0.2) is 18.2 Å². The Morgan fingerprint density at radius 2 is 2.30 bits per heavy atom. The van der Waals surface area contributed by atoms with Gasteiger partial charge in [0.2, 0.25) is 0 Å². The third-order valence-electron chi connectivity index (χ3n) is 2.57.